The molecular weight excluding hydrogens is 613 g/mol. The zero-order valence-electron chi connectivity index (χ0n) is 30.9. The van der Waals surface area contributed by atoms with Gasteiger partial charge in [0.1, 0.15) is 17.4 Å². The van der Waals surface area contributed by atoms with Crippen molar-refractivity contribution in [2.24, 2.45) is 11.8 Å². The molecule has 48 heavy (non-hydrogen) atoms. The number of amides is 1. The fourth-order valence-corrected chi connectivity index (χ4v) is 8.62. The van der Waals surface area contributed by atoms with Gasteiger partial charge in [0.2, 0.25) is 5.91 Å². The minimum absolute atomic E-state index is 0.00521. The van der Waals surface area contributed by atoms with Crippen LogP contribution in [-0.4, -0.2) is 58.0 Å². The Labute approximate surface area is 290 Å². The number of hydrogen-bond donors (Lipinski definition) is 0. The lowest BCUT2D eigenvalue weighted by molar-refractivity contribution is -0.124. The molecule has 2 aromatic heterocycles. The second-order valence-electron chi connectivity index (χ2n) is 15.9. The Kier molecular flexibility index (Phi) is 11.4. The second-order valence-corrected chi connectivity index (χ2v) is 20.7. The molecule has 0 saturated heterocycles. The van der Waals surface area contributed by atoms with Crippen LogP contribution in [0.5, 0.6) is 5.75 Å². The minimum atomic E-state index is -1.85. The topological polar surface area (TPSA) is 67.8 Å². The van der Waals surface area contributed by atoms with Crippen LogP contribution < -0.4 is 14.5 Å². The quantitative estimate of drug-likeness (QED) is 0.200. The largest absolute Gasteiger partial charge is 0.496 e. The average Bonchev–Trinajstić information content (AvgIpc) is 3.07. The van der Waals surface area contributed by atoms with Gasteiger partial charge in [-0.25, -0.2) is 9.97 Å². The van der Waals surface area contributed by atoms with E-state index >= 15 is 0 Å². The summed E-state index contributed by atoms with van der Waals surface area (Å²) in [5.74, 6) is 3.81. The molecule has 2 saturated carbocycles. The Morgan fingerprint density at radius 2 is 1.58 bits per heavy atom. The van der Waals surface area contributed by atoms with E-state index in [0.717, 1.165) is 79.9 Å². The van der Waals surface area contributed by atoms with Gasteiger partial charge in [-0.1, -0.05) is 32.9 Å². The van der Waals surface area contributed by atoms with E-state index in [1.54, 1.807) is 7.11 Å². The molecule has 2 aliphatic carbocycles. The minimum Gasteiger partial charge on any atom is -0.496 e. The molecule has 0 bridgehead atoms. The lowest BCUT2D eigenvalue weighted by Gasteiger charge is -2.41. The van der Waals surface area contributed by atoms with Crippen molar-refractivity contribution in [3.05, 3.63) is 66.0 Å². The smallest absolute Gasteiger partial charge is 0.231 e. The first-order chi connectivity index (χ1) is 22.8. The summed E-state index contributed by atoms with van der Waals surface area (Å²) >= 11 is 0. The molecule has 0 radical (unpaired) electrons. The molecule has 7 nitrogen and oxygen atoms in total. The molecule has 0 N–H and O–H groups in total. The highest BCUT2D eigenvalue weighted by Crippen LogP contribution is 2.41. The molecule has 5 rings (SSSR count). The molecule has 0 spiro atoms. The number of methoxy groups -OCH3 is 1. The summed E-state index contributed by atoms with van der Waals surface area (Å²) in [6, 6.07) is 14.9. The maximum atomic E-state index is 14.5. The summed E-state index contributed by atoms with van der Waals surface area (Å²) in [6.45, 7) is 14.4. The van der Waals surface area contributed by atoms with Gasteiger partial charge in [0.05, 0.1) is 7.11 Å². The molecule has 2 heterocycles. The van der Waals surface area contributed by atoms with Gasteiger partial charge in [-0.05, 0) is 135 Å². The summed E-state index contributed by atoms with van der Waals surface area (Å²) in [5, 5.41) is 0.181. The van der Waals surface area contributed by atoms with E-state index in [1.807, 2.05) is 48.4 Å². The zero-order valence-corrected chi connectivity index (χ0v) is 31.9. The van der Waals surface area contributed by atoms with E-state index < -0.39 is 8.32 Å². The molecule has 2 aliphatic rings. The Hall–Kier alpha value is -3.23. The van der Waals surface area contributed by atoms with Crippen LogP contribution in [0.1, 0.15) is 89.2 Å². The Morgan fingerprint density at radius 1 is 0.875 bits per heavy atom. The van der Waals surface area contributed by atoms with Crippen LogP contribution in [0.3, 0.4) is 0 Å². The number of pyridine rings is 2. The van der Waals surface area contributed by atoms with Gasteiger partial charge in [-0.3, -0.25) is 9.69 Å². The van der Waals surface area contributed by atoms with Crippen molar-refractivity contribution in [1.82, 2.24) is 9.97 Å². The highest BCUT2D eigenvalue weighted by Gasteiger charge is 2.41. The summed E-state index contributed by atoms with van der Waals surface area (Å²) in [6.07, 6.45) is 12.1. The van der Waals surface area contributed by atoms with Crippen LogP contribution in [0.15, 0.2) is 54.9 Å². The van der Waals surface area contributed by atoms with Crippen molar-refractivity contribution in [1.29, 1.82) is 0 Å². The van der Waals surface area contributed by atoms with Crippen LogP contribution in [-0.2, 0) is 9.22 Å². The molecule has 0 aliphatic heterocycles. The van der Waals surface area contributed by atoms with E-state index in [9.17, 15) is 4.79 Å². The predicted molar refractivity (Wildman–Crippen MR) is 201 cm³/mol. The number of aromatic nitrogens is 2. The fraction of sp³-hybridized carbons (Fsp3) is 0.575. The van der Waals surface area contributed by atoms with Crippen LogP contribution >= 0.6 is 0 Å². The Morgan fingerprint density at radius 3 is 2.17 bits per heavy atom. The first-order valence-corrected chi connectivity index (χ1v) is 20.9. The van der Waals surface area contributed by atoms with E-state index in [1.165, 1.54) is 11.1 Å². The molecule has 1 aromatic carbocycles. The molecule has 2 fully saturated rings. The number of carbonyl (C=O) groups is 1. The maximum absolute atomic E-state index is 14.5. The van der Waals surface area contributed by atoms with Crippen molar-refractivity contribution in [2.75, 3.05) is 37.5 Å². The fourth-order valence-electron chi connectivity index (χ4n) is 7.20. The van der Waals surface area contributed by atoms with Crippen LogP contribution in [0.25, 0.3) is 11.1 Å². The van der Waals surface area contributed by atoms with Crippen molar-refractivity contribution < 1.29 is 14.0 Å². The van der Waals surface area contributed by atoms with E-state index in [2.05, 4.69) is 76.1 Å². The molecule has 1 amide bonds. The summed E-state index contributed by atoms with van der Waals surface area (Å²) in [5.41, 5.74) is 4.64. The van der Waals surface area contributed by atoms with Gasteiger partial charge < -0.3 is 14.1 Å². The maximum Gasteiger partial charge on any atom is 0.231 e. The number of ether oxygens (including phenoxy) is 1. The Balaban J connectivity index is 1.32. The van der Waals surface area contributed by atoms with Crippen molar-refractivity contribution in [2.45, 2.75) is 109 Å². The number of carbonyl (C=O) groups excluding carboxylic acids is 1. The van der Waals surface area contributed by atoms with Gasteiger partial charge >= 0.3 is 0 Å². The van der Waals surface area contributed by atoms with Crippen molar-refractivity contribution in [3.8, 4) is 16.9 Å². The summed E-state index contributed by atoms with van der Waals surface area (Å²) < 4.78 is 12.3. The van der Waals surface area contributed by atoms with E-state index in [-0.39, 0.29) is 23.0 Å². The second kappa shape index (κ2) is 15.1. The number of benzene rings is 1. The number of nitrogens with zero attached hydrogens (tertiary/aromatic N) is 4. The molecule has 0 atom stereocenters. The molecule has 3 aromatic rings. The normalized spacial score (nSPS) is 21.9. The van der Waals surface area contributed by atoms with Crippen LogP contribution in [0.2, 0.25) is 18.1 Å². The molecule has 260 valence electrons. The number of rotatable bonds is 10. The summed E-state index contributed by atoms with van der Waals surface area (Å²) in [7, 11) is 3.87. The van der Waals surface area contributed by atoms with Gasteiger partial charge in [-0.15, -0.1) is 0 Å². The van der Waals surface area contributed by atoms with Gasteiger partial charge in [0.25, 0.3) is 0 Å². The van der Waals surface area contributed by atoms with E-state index in [0.29, 0.717) is 18.4 Å². The number of anilines is 2. The van der Waals surface area contributed by atoms with Gasteiger partial charge in [0, 0.05) is 50.6 Å². The van der Waals surface area contributed by atoms with Crippen LogP contribution in [0.4, 0.5) is 11.6 Å². The lowest BCUT2D eigenvalue weighted by atomic mass is 9.78. The zero-order chi connectivity index (χ0) is 34.6. The summed E-state index contributed by atoms with van der Waals surface area (Å²) in [4.78, 5) is 28.0. The van der Waals surface area contributed by atoms with Gasteiger partial charge in [0.15, 0.2) is 8.32 Å². The molecule has 8 heteroatoms. The number of hydrogen-bond acceptors (Lipinski definition) is 6. The number of aryl methyl sites for hydroxylation is 1. The lowest BCUT2D eigenvalue weighted by Crippen LogP contribution is -2.46. The van der Waals surface area contributed by atoms with E-state index in [4.69, 9.17) is 14.1 Å². The highest BCUT2D eigenvalue weighted by atomic mass is 28.4. The average molecular weight is 671 g/mol. The highest BCUT2D eigenvalue weighted by molar-refractivity contribution is 6.74. The third-order valence-corrected chi connectivity index (χ3v) is 15.8. The van der Waals surface area contributed by atoms with Crippen LogP contribution in [0, 0.1) is 18.8 Å². The third kappa shape index (κ3) is 8.49. The first kappa shape index (κ1) is 36.1. The predicted octanol–water partition coefficient (Wildman–Crippen LogP) is 9.41. The van der Waals surface area contributed by atoms with Gasteiger partial charge in [-0.2, -0.15) is 0 Å². The SMILES string of the molecule is COc1ccc([C@H]2CC[C@H](CN(c3cc(-c4ccc(N(C)C)nc4)ccn3)C(=O)[C@H]3CC[C@H](O[Si](C)(C)C(C)(C)C)CC3)CC2)cc1C. The third-order valence-electron chi connectivity index (χ3n) is 11.3. The standard InChI is InChI=1S/C40H58N4O3Si/c1-28-24-32(16-20-36(28)46-7)30-12-10-29(11-13-30)27-44(38-25-33(22-23-41-38)34-17-21-37(42-26-34)43(5)6)39(45)31-14-18-35(19-15-31)47-48(8,9)40(2,3)4/h16-17,20-26,29-31,35H,10-15,18-19,27H2,1-9H3/t29-,30-,31-,35-. The molecular formula is C40H58N4O3Si. The molecule has 0 unspecified atom stereocenters. The Bertz CT molecular complexity index is 1520. The monoisotopic (exact) mass is 670 g/mol. The van der Waals surface area contributed by atoms with Crippen molar-refractivity contribution >= 4 is 25.9 Å². The first-order valence-electron chi connectivity index (χ1n) is 18.0. The van der Waals surface area contributed by atoms with Crippen molar-refractivity contribution in [3.63, 3.8) is 0 Å².